The number of amides is 1. The minimum atomic E-state index is -4.54. The molecule has 1 fully saturated rings. The summed E-state index contributed by atoms with van der Waals surface area (Å²) in [4.78, 5) is 12.1. The SMILES string of the molecule is Cl.NC[C@H]1CC[C@@H](C(=O)Nc2cc(F)ccc2OCC(F)(F)F)O1. The number of hydrogen-bond acceptors (Lipinski definition) is 4. The van der Waals surface area contributed by atoms with Crippen molar-refractivity contribution in [3.05, 3.63) is 24.0 Å². The summed E-state index contributed by atoms with van der Waals surface area (Å²) in [7, 11) is 0. The molecule has 0 bridgehead atoms. The molecule has 1 aromatic rings. The Bertz CT molecular complexity index is 571. The fraction of sp³-hybridized carbons (Fsp3) is 0.500. The van der Waals surface area contributed by atoms with Crippen molar-refractivity contribution in [1.82, 2.24) is 0 Å². The molecule has 0 radical (unpaired) electrons. The fourth-order valence-electron chi connectivity index (χ4n) is 2.17. The predicted octanol–water partition coefficient (Wildman–Crippen LogP) is 2.63. The predicted molar refractivity (Wildman–Crippen MR) is 80.8 cm³/mol. The van der Waals surface area contributed by atoms with Gasteiger partial charge in [0.2, 0.25) is 0 Å². The molecular formula is C14H17ClF4N2O3. The van der Waals surface area contributed by atoms with Crippen LogP contribution in [0.3, 0.4) is 0 Å². The van der Waals surface area contributed by atoms with Gasteiger partial charge in [-0.3, -0.25) is 4.79 Å². The highest BCUT2D eigenvalue weighted by molar-refractivity contribution is 5.95. The number of rotatable bonds is 5. The minimum absolute atomic E-state index is 0. The maximum absolute atomic E-state index is 13.3. The van der Waals surface area contributed by atoms with Gasteiger partial charge >= 0.3 is 6.18 Å². The number of nitrogens with two attached hydrogens (primary N) is 1. The molecule has 0 aliphatic carbocycles. The lowest BCUT2D eigenvalue weighted by atomic mass is 10.2. The molecule has 1 aromatic carbocycles. The number of carbonyl (C=O) groups is 1. The van der Waals surface area contributed by atoms with Crippen LogP contribution in [0.25, 0.3) is 0 Å². The zero-order valence-corrected chi connectivity index (χ0v) is 13.3. The maximum atomic E-state index is 13.3. The van der Waals surface area contributed by atoms with Crippen LogP contribution in [0.4, 0.5) is 23.2 Å². The van der Waals surface area contributed by atoms with Crippen LogP contribution in [-0.2, 0) is 9.53 Å². The van der Waals surface area contributed by atoms with Crippen LogP contribution in [0.15, 0.2) is 18.2 Å². The Hall–Kier alpha value is -1.58. The number of hydrogen-bond donors (Lipinski definition) is 2. The summed E-state index contributed by atoms with van der Waals surface area (Å²) in [6.07, 6.45) is -4.52. The first kappa shape index (κ1) is 20.5. The van der Waals surface area contributed by atoms with Crippen LogP contribution in [-0.4, -0.2) is 37.4 Å². The molecule has 1 aliphatic heterocycles. The van der Waals surface area contributed by atoms with E-state index >= 15 is 0 Å². The third-order valence-corrected chi connectivity index (χ3v) is 3.25. The molecule has 2 rings (SSSR count). The highest BCUT2D eigenvalue weighted by Gasteiger charge is 2.31. The van der Waals surface area contributed by atoms with E-state index in [1.54, 1.807) is 0 Å². The van der Waals surface area contributed by atoms with Crippen molar-refractivity contribution in [2.24, 2.45) is 5.73 Å². The molecule has 136 valence electrons. The second kappa shape index (κ2) is 8.50. The van der Waals surface area contributed by atoms with Crippen LogP contribution in [0, 0.1) is 5.82 Å². The van der Waals surface area contributed by atoms with Crippen LogP contribution in [0.5, 0.6) is 5.75 Å². The van der Waals surface area contributed by atoms with E-state index in [1.165, 1.54) is 0 Å². The Morgan fingerprint density at radius 2 is 2.08 bits per heavy atom. The molecule has 5 nitrogen and oxygen atoms in total. The first-order chi connectivity index (χ1) is 10.8. The van der Waals surface area contributed by atoms with Gasteiger partial charge in [0.15, 0.2) is 6.61 Å². The number of halogens is 5. The van der Waals surface area contributed by atoms with Gasteiger partial charge in [-0.25, -0.2) is 4.39 Å². The summed E-state index contributed by atoms with van der Waals surface area (Å²) in [6, 6.07) is 2.85. The van der Waals surface area contributed by atoms with Crippen LogP contribution >= 0.6 is 12.4 Å². The molecule has 0 unspecified atom stereocenters. The van der Waals surface area contributed by atoms with Crippen molar-refractivity contribution in [1.29, 1.82) is 0 Å². The van der Waals surface area contributed by atoms with Crippen molar-refractivity contribution in [3.8, 4) is 5.75 Å². The van der Waals surface area contributed by atoms with Crippen LogP contribution in [0.1, 0.15) is 12.8 Å². The molecule has 1 heterocycles. The summed E-state index contributed by atoms with van der Waals surface area (Å²) in [5.41, 5.74) is 5.26. The van der Waals surface area contributed by atoms with Gasteiger partial charge in [-0.2, -0.15) is 13.2 Å². The molecule has 2 atom stereocenters. The van der Waals surface area contributed by atoms with E-state index in [0.717, 1.165) is 18.2 Å². The second-order valence-corrected chi connectivity index (χ2v) is 5.09. The Morgan fingerprint density at radius 1 is 1.38 bits per heavy atom. The summed E-state index contributed by atoms with van der Waals surface area (Å²) in [5, 5.41) is 2.34. The number of anilines is 1. The zero-order valence-electron chi connectivity index (χ0n) is 12.4. The van der Waals surface area contributed by atoms with E-state index in [9.17, 15) is 22.4 Å². The fourth-order valence-corrected chi connectivity index (χ4v) is 2.17. The first-order valence-electron chi connectivity index (χ1n) is 6.94. The van der Waals surface area contributed by atoms with Crippen molar-refractivity contribution in [3.63, 3.8) is 0 Å². The molecule has 0 saturated carbocycles. The number of ether oxygens (including phenoxy) is 2. The normalized spacial score (nSPS) is 20.4. The zero-order chi connectivity index (χ0) is 17.0. The maximum Gasteiger partial charge on any atom is 0.422 e. The lowest BCUT2D eigenvalue weighted by Gasteiger charge is -2.16. The highest BCUT2D eigenvalue weighted by atomic mass is 35.5. The number of carbonyl (C=O) groups excluding carboxylic acids is 1. The summed E-state index contributed by atoms with van der Waals surface area (Å²) in [6.45, 7) is -1.28. The quantitative estimate of drug-likeness (QED) is 0.779. The van der Waals surface area contributed by atoms with Crippen molar-refractivity contribution in [2.45, 2.75) is 31.2 Å². The minimum Gasteiger partial charge on any atom is -0.482 e. The molecule has 1 aliphatic rings. The van der Waals surface area contributed by atoms with Gasteiger partial charge in [0.25, 0.3) is 5.91 Å². The van der Waals surface area contributed by atoms with Gasteiger partial charge in [-0.15, -0.1) is 12.4 Å². The average Bonchev–Trinajstić information content (AvgIpc) is 2.94. The van der Waals surface area contributed by atoms with Crippen molar-refractivity contribution >= 4 is 24.0 Å². The molecule has 1 amide bonds. The van der Waals surface area contributed by atoms with E-state index in [2.05, 4.69) is 10.1 Å². The van der Waals surface area contributed by atoms with Crippen LogP contribution in [0.2, 0.25) is 0 Å². The number of nitrogens with one attached hydrogen (secondary N) is 1. The van der Waals surface area contributed by atoms with Crippen molar-refractivity contribution in [2.75, 3.05) is 18.5 Å². The standard InChI is InChI=1S/C14H16F4N2O3.ClH/c15-8-1-3-11(22-7-14(16,17)18)10(5-8)20-13(21)12-4-2-9(6-19)23-12;/h1,3,5,9,12H,2,4,6-7,19H2,(H,20,21);1H/t9-,12+;/m1./s1. The Balaban J connectivity index is 0.00000288. The summed E-state index contributed by atoms with van der Waals surface area (Å²) < 4.78 is 59.9. The van der Waals surface area contributed by atoms with Crippen LogP contribution < -0.4 is 15.8 Å². The van der Waals surface area contributed by atoms with Gasteiger partial charge in [-0.05, 0) is 25.0 Å². The average molecular weight is 373 g/mol. The van der Waals surface area contributed by atoms with Gasteiger partial charge in [0.05, 0.1) is 11.8 Å². The third-order valence-electron chi connectivity index (χ3n) is 3.25. The number of benzene rings is 1. The number of alkyl halides is 3. The summed E-state index contributed by atoms with van der Waals surface area (Å²) >= 11 is 0. The Morgan fingerprint density at radius 3 is 2.67 bits per heavy atom. The van der Waals surface area contributed by atoms with Gasteiger partial charge < -0.3 is 20.5 Å². The van der Waals surface area contributed by atoms with E-state index < -0.39 is 30.6 Å². The molecule has 3 N–H and O–H groups in total. The lowest BCUT2D eigenvalue weighted by molar-refractivity contribution is -0.153. The van der Waals surface area contributed by atoms with E-state index in [-0.39, 0.29) is 36.5 Å². The van der Waals surface area contributed by atoms with E-state index in [4.69, 9.17) is 10.5 Å². The smallest absolute Gasteiger partial charge is 0.422 e. The van der Waals surface area contributed by atoms with Gasteiger partial charge in [0.1, 0.15) is 17.7 Å². The van der Waals surface area contributed by atoms with E-state index in [1.807, 2.05) is 0 Å². The van der Waals surface area contributed by atoms with Gasteiger partial charge in [-0.1, -0.05) is 0 Å². The third kappa shape index (κ3) is 5.81. The lowest BCUT2D eigenvalue weighted by Crippen LogP contribution is -2.30. The Kier molecular flexibility index (Phi) is 7.25. The molecule has 10 heteroatoms. The van der Waals surface area contributed by atoms with Crippen molar-refractivity contribution < 1.29 is 31.8 Å². The Labute approximate surface area is 141 Å². The van der Waals surface area contributed by atoms with E-state index in [0.29, 0.717) is 12.8 Å². The summed E-state index contributed by atoms with van der Waals surface area (Å²) in [5.74, 6) is -1.57. The molecule has 0 aromatic heterocycles. The molecular weight excluding hydrogens is 356 g/mol. The molecule has 1 saturated heterocycles. The molecule has 24 heavy (non-hydrogen) atoms. The monoisotopic (exact) mass is 372 g/mol. The highest BCUT2D eigenvalue weighted by Crippen LogP contribution is 2.29. The largest absolute Gasteiger partial charge is 0.482 e. The van der Waals surface area contributed by atoms with Gasteiger partial charge in [0, 0.05) is 12.6 Å². The second-order valence-electron chi connectivity index (χ2n) is 5.09. The topological polar surface area (TPSA) is 73.6 Å². The first-order valence-corrected chi connectivity index (χ1v) is 6.94. The molecule has 0 spiro atoms.